The van der Waals surface area contributed by atoms with Crippen molar-refractivity contribution < 1.29 is 14.6 Å². The fourth-order valence-corrected chi connectivity index (χ4v) is 3.76. The van der Waals surface area contributed by atoms with Crippen molar-refractivity contribution in [2.24, 2.45) is 0 Å². The number of carbonyl (C=O) groups is 1. The third-order valence-corrected chi connectivity index (χ3v) is 4.66. The normalized spacial score (nSPS) is 12.9. The molecule has 0 fully saturated rings. The molecule has 19 heavy (non-hydrogen) atoms. The van der Waals surface area contributed by atoms with Crippen molar-refractivity contribution in [3.63, 3.8) is 0 Å². The highest BCUT2D eigenvalue weighted by Gasteiger charge is 2.17. The van der Waals surface area contributed by atoms with Gasteiger partial charge in [0.2, 0.25) is 0 Å². The Labute approximate surface area is 117 Å². The maximum absolute atomic E-state index is 10.9. The van der Waals surface area contributed by atoms with Gasteiger partial charge in [0.15, 0.2) is 6.10 Å². The first kappa shape index (κ1) is 12.4. The highest BCUT2D eigenvalue weighted by atomic mass is 32.1. The summed E-state index contributed by atoms with van der Waals surface area (Å²) in [4.78, 5) is 15.4. The summed E-state index contributed by atoms with van der Waals surface area (Å²) in [5.41, 5.74) is 0.975. The van der Waals surface area contributed by atoms with Gasteiger partial charge in [-0.3, -0.25) is 0 Å². The molecular formula is C13H11NO3S2. The number of rotatable bonds is 3. The standard InChI is InChI=1S/C13H11NO3S2/c1-6(13(15)16)17-9-5-10-11(14-7(2)19-10)12-8(9)3-4-18-12/h3-6H,1-2H3,(H,15,16)/t6-/m1/s1. The molecule has 1 atom stereocenters. The number of ether oxygens (including phenoxy) is 1. The van der Waals surface area contributed by atoms with E-state index in [0.29, 0.717) is 5.75 Å². The largest absolute Gasteiger partial charge is 0.479 e. The van der Waals surface area contributed by atoms with Crippen molar-refractivity contribution in [2.75, 3.05) is 0 Å². The first-order chi connectivity index (χ1) is 9.06. The summed E-state index contributed by atoms with van der Waals surface area (Å²) in [6.07, 6.45) is -0.866. The monoisotopic (exact) mass is 293 g/mol. The summed E-state index contributed by atoms with van der Waals surface area (Å²) in [5.74, 6) is -0.355. The van der Waals surface area contributed by atoms with E-state index < -0.39 is 12.1 Å². The number of fused-ring (bicyclic) bond motifs is 3. The molecule has 6 heteroatoms. The second kappa shape index (κ2) is 4.47. The van der Waals surface area contributed by atoms with Crippen molar-refractivity contribution in [3.05, 3.63) is 22.5 Å². The maximum atomic E-state index is 10.9. The van der Waals surface area contributed by atoms with Crippen LogP contribution in [0.5, 0.6) is 5.75 Å². The van der Waals surface area contributed by atoms with E-state index >= 15 is 0 Å². The Hall–Kier alpha value is -1.66. The van der Waals surface area contributed by atoms with Gasteiger partial charge in [0.05, 0.1) is 19.9 Å². The summed E-state index contributed by atoms with van der Waals surface area (Å²) in [6.45, 7) is 3.49. The van der Waals surface area contributed by atoms with Gasteiger partial charge in [0, 0.05) is 11.5 Å². The van der Waals surface area contributed by atoms with E-state index in [1.807, 2.05) is 24.4 Å². The fraction of sp³-hybridized carbons (Fsp3) is 0.231. The smallest absolute Gasteiger partial charge is 0.344 e. The minimum absolute atomic E-state index is 0.613. The first-order valence-corrected chi connectivity index (χ1v) is 7.42. The number of benzene rings is 1. The lowest BCUT2D eigenvalue weighted by Gasteiger charge is -2.11. The lowest BCUT2D eigenvalue weighted by Crippen LogP contribution is -2.22. The quantitative estimate of drug-likeness (QED) is 0.800. The van der Waals surface area contributed by atoms with Crippen molar-refractivity contribution in [2.45, 2.75) is 20.0 Å². The summed E-state index contributed by atoms with van der Waals surface area (Å²) < 4.78 is 7.63. The summed E-state index contributed by atoms with van der Waals surface area (Å²) in [5, 5.41) is 12.8. The highest BCUT2D eigenvalue weighted by Crippen LogP contribution is 2.39. The number of hydrogen-bond acceptors (Lipinski definition) is 5. The van der Waals surface area contributed by atoms with Crippen molar-refractivity contribution >= 4 is 48.9 Å². The Morgan fingerprint density at radius 3 is 3.05 bits per heavy atom. The average Bonchev–Trinajstić information content (AvgIpc) is 2.93. The molecule has 2 heterocycles. The van der Waals surface area contributed by atoms with Gasteiger partial charge >= 0.3 is 5.97 Å². The highest BCUT2D eigenvalue weighted by molar-refractivity contribution is 7.21. The number of thiophene rings is 1. The van der Waals surface area contributed by atoms with Crippen LogP contribution >= 0.6 is 22.7 Å². The zero-order valence-corrected chi connectivity index (χ0v) is 12.0. The Morgan fingerprint density at radius 1 is 1.53 bits per heavy atom. The number of aryl methyl sites for hydroxylation is 1. The molecule has 4 nitrogen and oxygen atoms in total. The number of nitrogens with zero attached hydrogens (tertiary/aromatic N) is 1. The van der Waals surface area contributed by atoms with Crippen LogP contribution in [0.2, 0.25) is 0 Å². The summed E-state index contributed by atoms with van der Waals surface area (Å²) in [6, 6.07) is 3.83. The van der Waals surface area contributed by atoms with Crippen molar-refractivity contribution in [3.8, 4) is 5.75 Å². The van der Waals surface area contributed by atoms with Crippen LogP contribution in [-0.2, 0) is 4.79 Å². The predicted octanol–water partition coefficient (Wildman–Crippen LogP) is 3.67. The number of aromatic nitrogens is 1. The van der Waals surface area contributed by atoms with Crippen LogP contribution in [0.4, 0.5) is 0 Å². The Morgan fingerprint density at radius 2 is 2.32 bits per heavy atom. The van der Waals surface area contributed by atoms with Gasteiger partial charge in [-0.25, -0.2) is 9.78 Å². The second-order valence-electron chi connectivity index (χ2n) is 4.22. The van der Waals surface area contributed by atoms with Crippen molar-refractivity contribution in [1.82, 2.24) is 4.98 Å². The molecule has 2 aromatic heterocycles. The molecule has 1 aromatic carbocycles. The Balaban J connectivity index is 2.21. The van der Waals surface area contributed by atoms with Crippen molar-refractivity contribution in [1.29, 1.82) is 0 Å². The predicted molar refractivity (Wildman–Crippen MR) is 77.5 cm³/mol. The molecule has 0 unspecified atom stereocenters. The van der Waals surface area contributed by atoms with Crippen LogP contribution in [0.3, 0.4) is 0 Å². The molecular weight excluding hydrogens is 282 g/mol. The Kier molecular flexibility index (Phi) is 2.91. The molecule has 0 aliphatic rings. The minimum atomic E-state index is -0.969. The maximum Gasteiger partial charge on any atom is 0.344 e. The number of hydrogen-bond donors (Lipinski definition) is 1. The molecule has 3 rings (SSSR count). The summed E-state index contributed by atoms with van der Waals surface area (Å²) >= 11 is 3.18. The van der Waals surface area contributed by atoms with Crippen LogP contribution in [0.15, 0.2) is 17.5 Å². The Bertz CT molecular complexity index is 775. The van der Waals surface area contributed by atoms with E-state index in [-0.39, 0.29) is 0 Å². The first-order valence-electron chi connectivity index (χ1n) is 5.73. The zero-order valence-electron chi connectivity index (χ0n) is 10.3. The van der Waals surface area contributed by atoms with Gasteiger partial charge in [-0.15, -0.1) is 22.7 Å². The van der Waals surface area contributed by atoms with E-state index in [4.69, 9.17) is 9.84 Å². The molecule has 0 spiro atoms. The van der Waals surface area contributed by atoms with E-state index in [2.05, 4.69) is 4.98 Å². The van der Waals surface area contributed by atoms with E-state index in [1.54, 1.807) is 22.7 Å². The second-order valence-corrected chi connectivity index (χ2v) is 6.37. The molecule has 0 saturated carbocycles. The van der Waals surface area contributed by atoms with Gasteiger partial charge < -0.3 is 9.84 Å². The molecule has 98 valence electrons. The average molecular weight is 293 g/mol. The zero-order chi connectivity index (χ0) is 13.6. The summed E-state index contributed by atoms with van der Waals surface area (Å²) in [7, 11) is 0. The van der Waals surface area contributed by atoms with Gasteiger partial charge in [0.1, 0.15) is 5.75 Å². The third-order valence-electron chi connectivity index (χ3n) is 2.82. The molecule has 0 aliphatic carbocycles. The van der Waals surface area contributed by atoms with E-state index in [1.165, 1.54) is 6.92 Å². The molecule has 1 N–H and O–H groups in total. The third kappa shape index (κ3) is 2.06. The fourth-order valence-electron chi connectivity index (χ4n) is 1.93. The van der Waals surface area contributed by atoms with Gasteiger partial charge in [0.25, 0.3) is 0 Å². The van der Waals surface area contributed by atoms with Crippen LogP contribution in [-0.4, -0.2) is 22.2 Å². The van der Waals surface area contributed by atoms with Crippen LogP contribution in [0, 0.1) is 6.92 Å². The van der Waals surface area contributed by atoms with Crippen LogP contribution in [0.1, 0.15) is 11.9 Å². The SMILES string of the molecule is Cc1nc2c(cc(O[C@H](C)C(=O)O)c3ccsc32)s1. The number of carboxylic acid groups (broad SMARTS) is 1. The molecule has 0 bridgehead atoms. The molecule has 0 aliphatic heterocycles. The topological polar surface area (TPSA) is 59.4 Å². The van der Waals surface area contributed by atoms with Gasteiger partial charge in [-0.1, -0.05) is 0 Å². The number of aliphatic carboxylic acids is 1. The van der Waals surface area contributed by atoms with Gasteiger partial charge in [-0.2, -0.15) is 0 Å². The molecule has 3 aromatic rings. The lowest BCUT2D eigenvalue weighted by molar-refractivity contribution is -0.144. The van der Waals surface area contributed by atoms with Crippen LogP contribution in [0.25, 0.3) is 20.3 Å². The minimum Gasteiger partial charge on any atom is -0.479 e. The van der Waals surface area contributed by atoms with Gasteiger partial charge in [-0.05, 0) is 25.3 Å². The molecule has 0 amide bonds. The van der Waals surface area contributed by atoms with Crippen LogP contribution < -0.4 is 4.74 Å². The number of thiazole rings is 1. The molecule has 0 saturated heterocycles. The van der Waals surface area contributed by atoms with E-state index in [0.717, 1.165) is 25.3 Å². The lowest BCUT2D eigenvalue weighted by atomic mass is 10.2. The molecule has 0 radical (unpaired) electrons. The van der Waals surface area contributed by atoms with E-state index in [9.17, 15) is 4.79 Å². The number of carboxylic acids is 1.